The molecule has 2 heterocycles. The molecule has 0 radical (unpaired) electrons. The van der Waals surface area contributed by atoms with Crippen LogP contribution in [-0.2, 0) is 0 Å². The van der Waals surface area contributed by atoms with Crippen LogP contribution in [0.5, 0.6) is 0 Å². The Morgan fingerprint density at radius 1 is 0.560 bits per heavy atom. The van der Waals surface area contributed by atoms with Crippen molar-refractivity contribution < 1.29 is 0 Å². The highest BCUT2D eigenvalue weighted by molar-refractivity contribution is 5.20. The normalized spacial score (nSPS) is 30.9. The maximum absolute atomic E-state index is 2.84. The molecule has 3 fully saturated rings. The highest BCUT2D eigenvalue weighted by Gasteiger charge is 2.31. The van der Waals surface area contributed by atoms with Gasteiger partial charge in [-0.2, -0.15) is 0 Å². The summed E-state index contributed by atoms with van der Waals surface area (Å²) in [6.07, 6.45) is 14.2. The van der Waals surface area contributed by atoms with Crippen LogP contribution in [0.4, 0.5) is 0 Å². The van der Waals surface area contributed by atoms with Crippen molar-refractivity contribution in [2.24, 2.45) is 0 Å². The number of hydrogen-bond donors (Lipinski definition) is 0. The largest absolute Gasteiger partial charge is 0.300 e. The highest BCUT2D eigenvalue weighted by Crippen LogP contribution is 2.35. The first-order valence-electron chi connectivity index (χ1n) is 10.9. The van der Waals surface area contributed by atoms with Gasteiger partial charge in [0, 0.05) is 12.1 Å². The molecule has 2 nitrogen and oxygen atoms in total. The Bertz CT molecular complexity index is 490. The summed E-state index contributed by atoms with van der Waals surface area (Å²) in [5.74, 6) is 0.812. The van der Waals surface area contributed by atoms with Crippen molar-refractivity contribution in [3.05, 3.63) is 35.9 Å². The Labute approximate surface area is 154 Å². The van der Waals surface area contributed by atoms with Crippen LogP contribution in [0.25, 0.3) is 0 Å². The van der Waals surface area contributed by atoms with Gasteiger partial charge in [0.05, 0.1) is 0 Å². The summed E-state index contributed by atoms with van der Waals surface area (Å²) in [4.78, 5) is 5.67. The van der Waals surface area contributed by atoms with E-state index in [1.807, 2.05) is 0 Å². The van der Waals surface area contributed by atoms with Crippen molar-refractivity contribution in [2.75, 3.05) is 26.2 Å². The lowest BCUT2D eigenvalue weighted by molar-refractivity contribution is 0.0695. The first-order chi connectivity index (χ1) is 12.4. The summed E-state index contributed by atoms with van der Waals surface area (Å²) in [5.41, 5.74) is 1.57. The molecule has 0 amide bonds. The zero-order chi connectivity index (χ0) is 16.9. The Morgan fingerprint density at radius 2 is 1.12 bits per heavy atom. The molecule has 0 spiro atoms. The molecule has 0 unspecified atom stereocenters. The zero-order valence-corrected chi connectivity index (χ0v) is 15.9. The van der Waals surface area contributed by atoms with E-state index < -0.39 is 0 Å². The predicted molar refractivity (Wildman–Crippen MR) is 106 cm³/mol. The molecule has 25 heavy (non-hydrogen) atoms. The van der Waals surface area contributed by atoms with E-state index in [0.717, 1.165) is 18.0 Å². The molecule has 3 aliphatic rings. The summed E-state index contributed by atoms with van der Waals surface area (Å²) in [6, 6.07) is 13.0. The predicted octanol–water partition coefficient (Wildman–Crippen LogP) is 5.05. The van der Waals surface area contributed by atoms with E-state index in [1.165, 1.54) is 90.4 Å². The van der Waals surface area contributed by atoms with E-state index in [2.05, 4.69) is 40.1 Å². The summed E-state index contributed by atoms with van der Waals surface area (Å²) < 4.78 is 0. The van der Waals surface area contributed by atoms with Gasteiger partial charge in [0.15, 0.2) is 0 Å². The minimum atomic E-state index is 0.812. The Morgan fingerprint density at radius 3 is 1.76 bits per heavy atom. The number of nitrogens with zero attached hydrogens (tertiary/aromatic N) is 2. The lowest BCUT2D eigenvalue weighted by Gasteiger charge is -2.43. The average molecular weight is 341 g/mol. The van der Waals surface area contributed by atoms with Crippen LogP contribution >= 0.6 is 0 Å². The summed E-state index contributed by atoms with van der Waals surface area (Å²) in [6.45, 7) is 5.43. The Hall–Kier alpha value is -0.860. The van der Waals surface area contributed by atoms with Crippen LogP contribution in [0.1, 0.15) is 75.7 Å². The lowest BCUT2D eigenvalue weighted by Crippen LogP contribution is -2.49. The van der Waals surface area contributed by atoms with Gasteiger partial charge in [0.1, 0.15) is 0 Å². The van der Waals surface area contributed by atoms with Crippen LogP contribution < -0.4 is 0 Å². The molecule has 138 valence electrons. The molecule has 2 heteroatoms. The molecular formula is C23H36N2. The van der Waals surface area contributed by atoms with Crippen LogP contribution in [-0.4, -0.2) is 48.1 Å². The SMILES string of the molecule is c1ccc(C2CCC(N3CCC(N4CCCCCC4)CC3)CC2)cc1. The van der Waals surface area contributed by atoms with Crippen LogP contribution in [0, 0.1) is 0 Å². The lowest BCUT2D eigenvalue weighted by atomic mass is 9.81. The van der Waals surface area contributed by atoms with Gasteiger partial charge < -0.3 is 9.80 Å². The first kappa shape index (κ1) is 17.5. The standard InChI is InChI=1S/C23H36N2/c1-2-7-17-24(16-6-1)23-14-18-25(19-15-23)22-12-10-21(11-13-22)20-8-4-3-5-9-20/h3-5,8-9,21-23H,1-2,6-7,10-19H2. The van der Waals surface area contributed by atoms with Gasteiger partial charge in [-0.1, -0.05) is 43.2 Å². The van der Waals surface area contributed by atoms with Crippen molar-refractivity contribution in [2.45, 2.75) is 82.2 Å². The van der Waals surface area contributed by atoms with Crippen molar-refractivity contribution in [1.82, 2.24) is 9.80 Å². The van der Waals surface area contributed by atoms with Crippen LogP contribution in [0.15, 0.2) is 30.3 Å². The van der Waals surface area contributed by atoms with E-state index in [-0.39, 0.29) is 0 Å². The van der Waals surface area contributed by atoms with E-state index in [9.17, 15) is 0 Å². The number of hydrogen-bond acceptors (Lipinski definition) is 2. The third-order valence-electron chi connectivity index (χ3n) is 7.14. The topological polar surface area (TPSA) is 6.48 Å². The average Bonchev–Trinajstić information content (AvgIpc) is 2.99. The van der Waals surface area contributed by atoms with Crippen molar-refractivity contribution in [3.8, 4) is 0 Å². The van der Waals surface area contributed by atoms with Crippen molar-refractivity contribution in [1.29, 1.82) is 0 Å². The van der Waals surface area contributed by atoms with Gasteiger partial charge in [-0.15, -0.1) is 0 Å². The van der Waals surface area contributed by atoms with Gasteiger partial charge in [-0.05, 0) is 89.0 Å². The molecule has 2 saturated heterocycles. The second-order valence-corrected chi connectivity index (χ2v) is 8.63. The van der Waals surface area contributed by atoms with Gasteiger partial charge in [0.25, 0.3) is 0 Å². The molecule has 0 atom stereocenters. The number of benzene rings is 1. The van der Waals surface area contributed by atoms with E-state index in [0.29, 0.717) is 0 Å². The van der Waals surface area contributed by atoms with Crippen molar-refractivity contribution in [3.63, 3.8) is 0 Å². The third kappa shape index (κ3) is 4.46. The fraction of sp³-hybridized carbons (Fsp3) is 0.739. The second kappa shape index (κ2) is 8.68. The quantitative estimate of drug-likeness (QED) is 0.759. The number of piperidine rings is 1. The number of likely N-dealkylation sites (tertiary alicyclic amines) is 2. The minimum absolute atomic E-state index is 0.812. The molecule has 1 aliphatic carbocycles. The third-order valence-corrected chi connectivity index (χ3v) is 7.14. The molecule has 0 aromatic heterocycles. The van der Waals surface area contributed by atoms with Gasteiger partial charge in [-0.25, -0.2) is 0 Å². The maximum Gasteiger partial charge on any atom is 0.0120 e. The van der Waals surface area contributed by atoms with Gasteiger partial charge >= 0.3 is 0 Å². The minimum Gasteiger partial charge on any atom is -0.300 e. The molecule has 1 aromatic carbocycles. The first-order valence-corrected chi connectivity index (χ1v) is 10.9. The Kier molecular flexibility index (Phi) is 6.10. The molecular weight excluding hydrogens is 304 g/mol. The molecule has 0 bridgehead atoms. The molecule has 0 N–H and O–H groups in total. The monoisotopic (exact) mass is 340 g/mol. The maximum atomic E-state index is 2.84. The zero-order valence-electron chi connectivity index (χ0n) is 15.9. The molecule has 2 aliphatic heterocycles. The van der Waals surface area contributed by atoms with Crippen LogP contribution in [0.3, 0.4) is 0 Å². The van der Waals surface area contributed by atoms with E-state index in [1.54, 1.807) is 5.56 Å². The fourth-order valence-electron chi connectivity index (χ4n) is 5.58. The molecule has 1 saturated carbocycles. The smallest absolute Gasteiger partial charge is 0.0120 e. The fourth-order valence-corrected chi connectivity index (χ4v) is 5.58. The van der Waals surface area contributed by atoms with E-state index in [4.69, 9.17) is 0 Å². The summed E-state index contributed by atoms with van der Waals surface area (Å²) >= 11 is 0. The highest BCUT2D eigenvalue weighted by atomic mass is 15.2. The number of rotatable bonds is 3. The van der Waals surface area contributed by atoms with Crippen LogP contribution in [0.2, 0.25) is 0 Å². The Balaban J connectivity index is 1.23. The molecule has 1 aromatic rings. The van der Waals surface area contributed by atoms with Gasteiger partial charge in [0.2, 0.25) is 0 Å². The summed E-state index contributed by atoms with van der Waals surface area (Å²) in [7, 11) is 0. The summed E-state index contributed by atoms with van der Waals surface area (Å²) in [5, 5.41) is 0. The second-order valence-electron chi connectivity index (χ2n) is 8.63. The molecule has 4 rings (SSSR count). The van der Waals surface area contributed by atoms with E-state index >= 15 is 0 Å². The van der Waals surface area contributed by atoms with Crippen molar-refractivity contribution >= 4 is 0 Å². The van der Waals surface area contributed by atoms with Gasteiger partial charge in [-0.3, -0.25) is 0 Å².